The smallest absolute Gasteiger partial charge is 0.221 e. The van der Waals surface area contributed by atoms with Gasteiger partial charge in [0.1, 0.15) is 11.5 Å². The lowest BCUT2D eigenvalue weighted by Gasteiger charge is -2.18. The zero-order valence-electron chi connectivity index (χ0n) is 14.9. The molecule has 0 fully saturated rings. The molecule has 0 radical (unpaired) electrons. The zero-order valence-corrected chi connectivity index (χ0v) is 14.9. The molecule has 4 heteroatoms. The number of carbonyl (C=O) groups excluding carboxylic acids is 2. The molecule has 0 aromatic heterocycles. The number of carbonyl (C=O) groups is 2. The minimum atomic E-state index is -0.328. The third-order valence-electron chi connectivity index (χ3n) is 5.34. The quantitative estimate of drug-likeness (QED) is 0.703. The van der Waals surface area contributed by atoms with Gasteiger partial charge in [-0.3, -0.25) is 9.59 Å². The molecule has 0 saturated heterocycles. The molecule has 5 rings (SSSR count). The van der Waals surface area contributed by atoms with E-state index in [4.69, 9.17) is 4.74 Å². The lowest BCUT2D eigenvalue weighted by atomic mass is 9.86. The second kappa shape index (κ2) is 6.20. The van der Waals surface area contributed by atoms with Gasteiger partial charge in [-0.1, -0.05) is 36.4 Å². The summed E-state index contributed by atoms with van der Waals surface area (Å²) < 4.78 is 5.56. The normalized spacial score (nSPS) is 18.2. The Bertz CT molecular complexity index is 1190. The van der Waals surface area contributed by atoms with E-state index in [1.165, 1.54) is 35.2 Å². The van der Waals surface area contributed by atoms with Crippen LogP contribution in [0.3, 0.4) is 0 Å². The van der Waals surface area contributed by atoms with Crippen LogP contribution >= 0.6 is 0 Å². The van der Waals surface area contributed by atoms with E-state index in [0.717, 1.165) is 10.9 Å². The highest BCUT2D eigenvalue weighted by Crippen LogP contribution is 2.43. The van der Waals surface area contributed by atoms with E-state index in [-0.39, 0.29) is 29.0 Å². The number of hydrogen-bond donors (Lipinski definition) is 1. The molecule has 1 N–H and O–H groups in total. The van der Waals surface area contributed by atoms with Gasteiger partial charge in [0.25, 0.3) is 0 Å². The lowest BCUT2D eigenvalue weighted by Crippen LogP contribution is -2.20. The topological polar surface area (TPSA) is 63.6 Å². The first kappa shape index (κ1) is 16.5. The summed E-state index contributed by atoms with van der Waals surface area (Å²) in [6.07, 6.45) is 3.39. The highest BCUT2D eigenvalue weighted by atomic mass is 16.5. The van der Waals surface area contributed by atoms with Gasteiger partial charge >= 0.3 is 0 Å². The van der Waals surface area contributed by atoms with Crippen LogP contribution in [0.5, 0.6) is 11.5 Å². The molecule has 0 spiro atoms. The van der Waals surface area contributed by atoms with Crippen molar-refractivity contribution in [3.8, 4) is 11.5 Å². The Kier molecular flexibility index (Phi) is 3.66. The summed E-state index contributed by atoms with van der Waals surface area (Å²) in [5.74, 6) is -0.171. The standard InChI is InChI=1S/C24H16O4/c25-16-7-9-17(10-8-16)28-23-13-21(26)20(12-22(23)27)19-11-15-5-1-3-14-4-2-6-18(19)24(14)15/h1-10,12-13,19,25H,11H2. The number of allylic oxidation sites excluding steroid dienone is 3. The number of aromatic hydroxyl groups is 1. The number of phenols is 1. The van der Waals surface area contributed by atoms with Crippen molar-refractivity contribution in [2.45, 2.75) is 12.3 Å². The maximum atomic E-state index is 12.8. The number of rotatable bonds is 3. The molecular weight excluding hydrogens is 352 g/mol. The molecule has 4 nitrogen and oxygen atoms in total. The van der Waals surface area contributed by atoms with Crippen molar-refractivity contribution < 1.29 is 19.4 Å². The van der Waals surface area contributed by atoms with Crippen LogP contribution in [0.1, 0.15) is 17.0 Å². The Morgan fingerprint density at radius 1 is 0.857 bits per heavy atom. The molecule has 0 heterocycles. The fourth-order valence-electron chi connectivity index (χ4n) is 4.07. The largest absolute Gasteiger partial charge is 0.508 e. The molecular formula is C24H16O4. The van der Waals surface area contributed by atoms with Crippen molar-refractivity contribution in [1.29, 1.82) is 0 Å². The van der Waals surface area contributed by atoms with Crippen molar-refractivity contribution in [2.75, 3.05) is 0 Å². The summed E-state index contributed by atoms with van der Waals surface area (Å²) in [5.41, 5.74) is 2.80. The maximum absolute atomic E-state index is 12.8. The van der Waals surface area contributed by atoms with E-state index in [9.17, 15) is 14.7 Å². The van der Waals surface area contributed by atoms with E-state index in [1.807, 2.05) is 18.2 Å². The van der Waals surface area contributed by atoms with Crippen LogP contribution < -0.4 is 4.74 Å². The van der Waals surface area contributed by atoms with E-state index >= 15 is 0 Å². The first-order chi connectivity index (χ1) is 13.6. The van der Waals surface area contributed by atoms with E-state index in [2.05, 4.69) is 18.2 Å². The van der Waals surface area contributed by atoms with Crippen LogP contribution in [0.2, 0.25) is 0 Å². The minimum absolute atomic E-state index is 0.00633. The second-order valence-corrected chi connectivity index (χ2v) is 7.05. The van der Waals surface area contributed by atoms with Crippen LogP contribution in [0.15, 0.2) is 84.1 Å². The summed E-state index contributed by atoms with van der Waals surface area (Å²) >= 11 is 0. The molecule has 3 aromatic rings. The predicted molar refractivity (Wildman–Crippen MR) is 105 cm³/mol. The van der Waals surface area contributed by atoms with E-state index in [1.54, 1.807) is 12.1 Å². The number of ketones is 2. The third kappa shape index (κ3) is 2.62. The SMILES string of the molecule is O=C1C=C(C2Cc3cccc4cccc2c34)C(=O)C=C1Oc1ccc(O)cc1. The molecule has 2 aliphatic carbocycles. The van der Waals surface area contributed by atoms with Gasteiger partial charge in [0, 0.05) is 17.6 Å². The molecule has 2 aliphatic rings. The van der Waals surface area contributed by atoms with Gasteiger partial charge in [-0.15, -0.1) is 0 Å². The van der Waals surface area contributed by atoms with Crippen molar-refractivity contribution >= 4 is 22.3 Å². The summed E-state index contributed by atoms with van der Waals surface area (Å²) in [6.45, 7) is 0. The van der Waals surface area contributed by atoms with Crippen molar-refractivity contribution in [3.63, 3.8) is 0 Å². The van der Waals surface area contributed by atoms with Crippen LogP contribution in [0.25, 0.3) is 10.8 Å². The van der Waals surface area contributed by atoms with Gasteiger partial charge < -0.3 is 9.84 Å². The lowest BCUT2D eigenvalue weighted by molar-refractivity contribution is -0.116. The van der Waals surface area contributed by atoms with E-state index in [0.29, 0.717) is 17.7 Å². The van der Waals surface area contributed by atoms with Crippen LogP contribution in [0.4, 0.5) is 0 Å². The average molecular weight is 368 g/mol. The van der Waals surface area contributed by atoms with E-state index < -0.39 is 0 Å². The molecule has 136 valence electrons. The molecule has 0 saturated carbocycles. The van der Waals surface area contributed by atoms with Crippen LogP contribution in [-0.4, -0.2) is 16.7 Å². The Labute approximate surface area is 161 Å². The van der Waals surface area contributed by atoms with Crippen LogP contribution in [0, 0.1) is 0 Å². The molecule has 0 bridgehead atoms. The summed E-state index contributed by atoms with van der Waals surface area (Å²) in [5, 5.41) is 11.7. The van der Waals surface area contributed by atoms with Gasteiger partial charge in [-0.2, -0.15) is 0 Å². The average Bonchev–Trinajstić information content (AvgIpc) is 3.07. The molecule has 28 heavy (non-hydrogen) atoms. The van der Waals surface area contributed by atoms with Crippen molar-refractivity contribution in [1.82, 2.24) is 0 Å². The molecule has 1 unspecified atom stereocenters. The number of phenolic OH excluding ortho intramolecular Hbond substituents is 1. The summed E-state index contributed by atoms with van der Waals surface area (Å²) in [6, 6.07) is 18.3. The molecule has 3 aromatic carbocycles. The third-order valence-corrected chi connectivity index (χ3v) is 5.34. The summed E-state index contributed by atoms with van der Waals surface area (Å²) in [7, 11) is 0. The second-order valence-electron chi connectivity index (χ2n) is 7.05. The maximum Gasteiger partial charge on any atom is 0.221 e. The monoisotopic (exact) mass is 368 g/mol. The first-order valence-electron chi connectivity index (χ1n) is 9.09. The van der Waals surface area contributed by atoms with Gasteiger partial charge in [0.15, 0.2) is 11.5 Å². The molecule has 0 aliphatic heterocycles. The van der Waals surface area contributed by atoms with Crippen molar-refractivity contribution in [3.05, 3.63) is 95.3 Å². The highest BCUT2D eigenvalue weighted by molar-refractivity contribution is 6.20. The Morgan fingerprint density at radius 3 is 2.39 bits per heavy atom. The Balaban J connectivity index is 1.46. The zero-order chi connectivity index (χ0) is 19.3. The fraction of sp³-hybridized carbons (Fsp3) is 0.0833. The number of benzene rings is 3. The van der Waals surface area contributed by atoms with Gasteiger partial charge in [0.05, 0.1) is 0 Å². The summed E-state index contributed by atoms with van der Waals surface area (Å²) in [4.78, 5) is 25.5. The van der Waals surface area contributed by atoms with Crippen molar-refractivity contribution in [2.24, 2.45) is 0 Å². The van der Waals surface area contributed by atoms with Crippen LogP contribution in [-0.2, 0) is 16.0 Å². The van der Waals surface area contributed by atoms with Gasteiger partial charge in [-0.05, 0) is 58.7 Å². The number of ether oxygens (including phenoxy) is 1. The Hall–Kier alpha value is -3.66. The predicted octanol–water partition coefficient (Wildman–Crippen LogP) is 4.23. The minimum Gasteiger partial charge on any atom is -0.508 e. The highest BCUT2D eigenvalue weighted by Gasteiger charge is 2.33. The van der Waals surface area contributed by atoms with Gasteiger partial charge in [-0.25, -0.2) is 0 Å². The van der Waals surface area contributed by atoms with Gasteiger partial charge in [0.2, 0.25) is 5.78 Å². The fourth-order valence-corrected chi connectivity index (χ4v) is 4.07. The molecule has 1 atom stereocenters. The first-order valence-corrected chi connectivity index (χ1v) is 9.09. The number of hydrogen-bond acceptors (Lipinski definition) is 4. The Morgan fingerprint density at radius 2 is 1.61 bits per heavy atom. The molecule has 0 amide bonds.